The van der Waals surface area contributed by atoms with Gasteiger partial charge >= 0.3 is 5.97 Å². The number of Topliss-reactive ketones (excluding diaryl/α,β-unsaturated/α-hetero) is 1. The van der Waals surface area contributed by atoms with Crippen molar-refractivity contribution < 1.29 is 22.7 Å². The smallest absolute Gasteiger partial charge is 0.338 e. The minimum absolute atomic E-state index is 0.0202. The third-order valence-electron chi connectivity index (χ3n) is 3.18. The minimum Gasteiger partial charge on any atom is -0.462 e. The van der Waals surface area contributed by atoms with E-state index in [-0.39, 0.29) is 45.6 Å². The molecule has 0 radical (unpaired) electrons. The highest BCUT2D eigenvalue weighted by molar-refractivity contribution is 7.91. The number of rotatable bonds is 2. The number of carbonyl (C=O) groups excluding carboxylic acids is 2. The van der Waals surface area contributed by atoms with Crippen LogP contribution in [-0.2, 0) is 14.6 Å². The van der Waals surface area contributed by atoms with E-state index < -0.39 is 15.8 Å². The molecule has 5 nitrogen and oxygen atoms in total. The number of sulfone groups is 1. The van der Waals surface area contributed by atoms with E-state index in [1.165, 1.54) is 13.0 Å². The van der Waals surface area contributed by atoms with Gasteiger partial charge in [-0.25, -0.2) is 13.2 Å². The summed E-state index contributed by atoms with van der Waals surface area (Å²) < 4.78 is 29.0. The molecule has 0 saturated heterocycles. The molecule has 1 heterocycles. The van der Waals surface area contributed by atoms with Crippen molar-refractivity contribution in [3.63, 3.8) is 0 Å². The van der Waals surface area contributed by atoms with Gasteiger partial charge in [-0.3, -0.25) is 4.79 Å². The van der Waals surface area contributed by atoms with Crippen LogP contribution in [0.15, 0.2) is 11.0 Å². The zero-order chi connectivity index (χ0) is 15.1. The van der Waals surface area contributed by atoms with E-state index in [4.69, 9.17) is 16.3 Å². The van der Waals surface area contributed by atoms with Crippen LogP contribution in [0, 0.1) is 6.92 Å². The van der Waals surface area contributed by atoms with Crippen LogP contribution in [-0.4, -0.2) is 32.5 Å². The number of hydrogen-bond donors (Lipinski definition) is 0. The minimum atomic E-state index is -3.59. The van der Waals surface area contributed by atoms with Gasteiger partial charge < -0.3 is 4.74 Å². The van der Waals surface area contributed by atoms with Crippen LogP contribution in [0.5, 0.6) is 0 Å². The third kappa shape index (κ3) is 2.33. The molecule has 0 aromatic heterocycles. The van der Waals surface area contributed by atoms with E-state index in [0.29, 0.717) is 5.56 Å². The lowest BCUT2D eigenvalue weighted by atomic mass is 9.97. The lowest BCUT2D eigenvalue weighted by molar-refractivity contribution is 0.0525. The molecule has 108 valence electrons. The van der Waals surface area contributed by atoms with Crippen molar-refractivity contribution in [2.24, 2.45) is 0 Å². The average Bonchev–Trinajstić information content (AvgIpc) is 2.36. The summed E-state index contributed by atoms with van der Waals surface area (Å²) in [4.78, 5) is 23.7. The second kappa shape index (κ2) is 5.18. The number of fused-ring (bicyclic) bond motifs is 1. The standard InChI is InChI=1S/C13H13ClO5S/c1-3-19-13(16)8-6-9(14)12-11(7(8)2)10(15)4-5-20(12,17)18/h6H,3-5H2,1-2H3. The van der Waals surface area contributed by atoms with Crippen molar-refractivity contribution >= 4 is 33.2 Å². The number of benzene rings is 1. The molecule has 0 saturated carbocycles. The van der Waals surface area contributed by atoms with Gasteiger partial charge in [0.2, 0.25) is 0 Å². The molecule has 2 rings (SSSR count). The van der Waals surface area contributed by atoms with E-state index in [1.807, 2.05) is 0 Å². The van der Waals surface area contributed by atoms with Crippen LogP contribution in [0.3, 0.4) is 0 Å². The molecule has 0 N–H and O–H groups in total. The monoisotopic (exact) mass is 316 g/mol. The number of esters is 1. The molecule has 0 spiro atoms. The van der Waals surface area contributed by atoms with Gasteiger partial charge in [0.1, 0.15) is 0 Å². The van der Waals surface area contributed by atoms with Crippen LogP contribution in [0.2, 0.25) is 5.02 Å². The maximum atomic E-state index is 12.0. The summed E-state index contributed by atoms with van der Waals surface area (Å²) in [6.07, 6.45) is -0.0984. The third-order valence-corrected chi connectivity index (χ3v) is 5.37. The number of ketones is 1. The Morgan fingerprint density at radius 3 is 2.70 bits per heavy atom. The second-order valence-electron chi connectivity index (χ2n) is 4.45. The molecule has 0 aliphatic carbocycles. The predicted molar refractivity (Wildman–Crippen MR) is 73.1 cm³/mol. The summed E-state index contributed by atoms with van der Waals surface area (Å²) >= 11 is 5.97. The number of ether oxygens (including phenoxy) is 1. The number of halogens is 1. The van der Waals surface area contributed by atoms with Gasteiger partial charge in [0.05, 0.1) is 27.8 Å². The molecule has 0 unspecified atom stereocenters. The van der Waals surface area contributed by atoms with Gasteiger partial charge in [-0.05, 0) is 25.5 Å². The number of carbonyl (C=O) groups is 2. The highest BCUT2D eigenvalue weighted by Crippen LogP contribution is 2.35. The van der Waals surface area contributed by atoms with E-state index >= 15 is 0 Å². The van der Waals surface area contributed by atoms with Crippen molar-refractivity contribution in [1.29, 1.82) is 0 Å². The van der Waals surface area contributed by atoms with Gasteiger partial charge in [0.15, 0.2) is 15.6 Å². The van der Waals surface area contributed by atoms with Crippen LogP contribution >= 0.6 is 11.6 Å². The topological polar surface area (TPSA) is 77.5 Å². The van der Waals surface area contributed by atoms with Crippen LogP contribution in [0.4, 0.5) is 0 Å². The molecule has 20 heavy (non-hydrogen) atoms. The molecule has 0 fully saturated rings. The lowest BCUT2D eigenvalue weighted by Gasteiger charge is -2.20. The molecule has 1 aliphatic heterocycles. The van der Waals surface area contributed by atoms with Crippen LogP contribution in [0.25, 0.3) is 0 Å². The van der Waals surface area contributed by atoms with E-state index in [0.717, 1.165) is 0 Å². The van der Waals surface area contributed by atoms with Gasteiger partial charge in [-0.2, -0.15) is 0 Å². The van der Waals surface area contributed by atoms with E-state index in [9.17, 15) is 18.0 Å². The van der Waals surface area contributed by atoms with E-state index in [2.05, 4.69) is 0 Å². The molecular formula is C13H13ClO5S. The normalized spacial score (nSPS) is 16.6. The largest absolute Gasteiger partial charge is 0.462 e. The maximum Gasteiger partial charge on any atom is 0.338 e. The van der Waals surface area contributed by atoms with Crippen molar-refractivity contribution in [3.8, 4) is 0 Å². The van der Waals surface area contributed by atoms with E-state index in [1.54, 1.807) is 6.92 Å². The average molecular weight is 317 g/mol. The Labute approximate surface area is 121 Å². The Balaban J connectivity index is 2.76. The summed E-state index contributed by atoms with van der Waals surface area (Å²) in [5.74, 6) is -1.19. The summed E-state index contributed by atoms with van der Waals surface area (Å²) in [6, 6.07) is 1.25. The fourth-order valence-electron chi connectivity index (χ4n) is 2.24. The first-order valence-electron chi connectivity index (χ1n) is 6.05. The molecule has 1 aromatic carbocycles. The Bertz CT molecular complexity index is 706. The first-order valence-corrected chi connectivity index (χ1v) is 8.08. The Kier molecular flexibility index (Phi) is 3.88. The summed E-state index contributed by atoms with van der Waals surface area (Å²) in [7, 11) is -3.59. The fourth-order valence-corrected chi connectivity index (χ4v) is 4.39. The Morgan fingerprint density at radius 1 is 1.45 bits per heavy atom. The summed E-state index contributed by atoms with van der Waals surface area (Å²) in [6.45, 7) is 3.36. The van der Waals surface area contributed by atoms with Crippen LogP contribution < -0.4 is 0 Å². The predicted octanol–water partition coefficient (Wildman–Crippen LogP) is 2.19. The molecule has 7 heteroatoms. The summed E-state index contributed by atoms with van der Waals surface area (Å²) in [5, 5.41) is -0.110. The quantitative estimate of drug-likeness (QED) is 0.782. The molecule has 0 bridgehead atoms. The molecule has 1 aliphatic rings. The van der Waals surface area contributed by atoms with Gasteiger partial charge in [-0.1, -0.05) is 11.6 Å². The molecule has 1 aromatic rings. The fraction of sp³-hybridized carbons (Fsp3) is 0.385. The first kappa shape index (κ1) is 15.0. The van der Waals surface area contributed by atoms with Crippen molar-refractivity contribution in [2.75, 3.05) is 12.4 Å². The van der Waals surface area contributed by atoms with Gasteiger partial charge in [0, 0.05) is 12.0 Å². The van der Waals surface area contributed by atoms with Gasteiger partial charge in [0.25, 0.3) is 0 Å². The maximum absolute atomic E-state index is 12.0. The molecule has 0 amide bonds. The lowest BCUT2D eigenvalue weighted by Crippen LogP contribution is -2.24. The molecular weight excluding hydrogens is 304 g/mol. The SMILES string of the molecule is CCOC(=O)c1cc(Cl)c2c(c1C)C(=O)CCS2(=O)=O. The Morgan fingerprint density at radius 2 is 2.10 bits per heavy atom. The van der Waals surface area contributed by atoms with Crippen molar-refractivity contribution in [1.82, 2.24) is 0 Å². The highest BCUT2D eigenvalue weighted by Gasteiger charge is 2.34. The Hall–Kier alpha value is -1.40. The highest BCUT2D eigenvalue weighted by atomic mass is 35.5. The number of hydrogen-bond acceptors (Lipinski definition) is 5. The second-order valence-corrected chi connectivity index (χ2v) is 6.90. The van der Waals surface area contributed by atoms with Crippen molar-refractivity contribution in [3.05, 3.63) is 27.8 Å². The summed E-state index contributed by atoms with van der Waals surface area (Å²) in [5.41, 5.74) is 0.448. The van der Waals surface area contributed by atoms with Crippen molar-refractivity contribution in [2.45, 2.75) is 25.2 Å². The van der Waals surface area contributed by atoms with Gasteiger partial charge in [-0.15, -0.1) is 0 Å². The molecule has 0 atom stereocenters. The zero-order valence-electron chi connectivity index (χ0n) is 11.0. The first-order chi connectivity index (χ1) is 9.29. The van der Waals surface area contributed by atoms with Crippen LogP contribution in [0.1, 0.15) is 39.6 Å². The zero-order valence-corrected chi connectivity index (χ0v) is 12.6.